The summed E-state index contributed by atoms with van der Waals surface area (Å²) < 4.78 is 11.2. The molecule has 1 amide bonds. The lowest BCUT2D eigenvalue weighted by molar-refractivity contribution is -0.132. The van der Waals surface area contributed by atoms with E-state index in [2.05, 4.69) is 25.7 Å². The predicted octanol–water partition coefficient (Wildman–Crippen LogP) is 2.02. The smallest absolute Gasteiger partial charge is 0.425 e. The van der Waals surface area contributed by atoms with Crippen LogP contribution >= 0.6 is 0 Å². The molecule has 1 saturated heterocycles. The summed E-state index contributed by atoms with van der Waals surface area (Å²) in [5.74, 6) is 0. The second-order valence-corrected chi connectivity index (χ2v) is 8.86. The van der Waals surface area contributed by atoms with Crippen molar-refractivity contribution >= 4 is 12.4 Å². The first-order chi connectivity index (χ1) is 11.4. The fourth-order valence-electron chi connectivity index (χ4n) is 2.43. The number of carbonyl (C=O) groups is 2. The van der Waals surface area contributed by atoms with E-state index < -0.39 is 17.7 Å². The standard InChI is InChI=1S/C18H35N3O4/c1-17(2,3)14-24-13-15(12-22)21(16(23)25-18(4,5)6)20-10-8-19(7)9-11-20/h12,15H,8-11,13-14H2,1-7H3/t15-/m0/s1. The zero-order valence-electron chi connectivity index (χ0n) is 16.9. The van der Waals surface area contributed by atoms with Gasteiger partial charge in [0.05, 0.1) is 13.2 Å². The van der Waals surface area contributed by atoms with Gasteiger partial charge in [0, 0.05) is 26.2 Å². The van der Waals surface area contributed by atoms with E-state index in [9.17, 15) is 9.59 Å². The number of hydrogen-bond donors (Lipinski definition) is 0. The molecule has 1 aliphatic rings. The minimum Gasteiger partial charge on any atom is -0.443 e. The highest BCUT2D eigenvalue weighted by molar-refractivity contribution is 5.73. The molecular formula is C18H35N3O4. The number of hydrazine groups is 1. The molecule has 0 unspecified atom stereocenters. The third-order valence-corrected chi connectivity index (χ3v) is 3.66. The summed E-state index contributed by atoms with van der Waals surface area (Å²) >= 11 is 0. The van der Waals surface area contributed by atoms with E-state index >= 15 is 0 Å². The maximum atomic E-state index is 12.7. The van der Waals surface area contributed by atoms with Crippen LogP contribution in [0.3, 0.4) is 0 Å². The summed E-state index contributed by atoms with van der Waals surface area (Å²) in [6.07, 6.45) is 0.263. The fraction of sp³-hybridized carbons (Fsp3) is 0.889. The van der Waals surface area contributed by atoms with Gasteiger partial charge in [-0.2, -0.15) is 0 Å². The van der Waals surface area contributed by atoms with E-state index in [0.717, 1.165) is 19.4 Å². The van der Waals surface area contributed by atoms with Crippen LogP contribution in [0, 0.1) is 5.41 Å². The lowest BCUT2D eigenvalue weighted by Gasteiger charge is -2.42. The molecule has 0 aromatic carbocycles. The minimum absolute atomic E-state index is 0.00197. The number of likely N-dealkylation sites (N-methyl/N-ethyl adjacent to an activating group) is 1. The average Bonchev–Trinajstić information content (AvgIpc) is 2.44. The van der Waals surface area contributed by atoms with Gasteiger partial charge in [-0.25, -0.2) is 14.8 Å². The van der Waals surface area contributed by atoms with Crippen molar-refractivity contribution in [3.63, 3.8) is 0 Å². The molecule has 1 atom stereocenters. The second kappa shape index (κ2) is 8.96. The molecule has 7 nitrogen and oxygen atoms in total. The lowest BCUT2D eigenvalue weighted by Crippen LogP contribution is -2.60. The first-order valence-electron chi connectivity index (χ1n) is 8.91. The molecule has 7 heteroatoms. The molecule has 25 heavy (non-hydrogen) atoms. The van der Waals surface area contributed by atoms with Gasteiger partial charge >= 0.3 is 6.09 Å². The number of aldehydes is 1. The SMILES string of the molecule is CN1CCN(N(C(=O)OC(C)(C)C)[C@@H](C=O)COCC(C)(C)C)CC1. The molecule has 1 fully saturated rings. The van der Waals surface area contributed by atoms with Crippen LogP contribution in [-0.2, 0) is 14.3 Å². The molecule has 1 heterocycles. The number of nitrogens with zero attached hydrogens (tertiary/aromatic N) is 3. The number of amides is 1. The molecule has 146 valence electrons. The van der Waals surface area contributed by atoms with Crippen LogP contribution in [0.5, 0.6) is 0 Å². The van der Waals surface area contributed by atoms with Crippen LogP contribution in [0.2, 0.25) is 0 Å². The van der Waals surface area contributed by atoms with Crippen LogP contribution in [-0.4, -0.2) is 85.4 Å². The lowest BCUT2D eigenvalue weighted by atomic mass is 9.99. The third-order valence-electron chi connectivity index (χ3n) is 3.66. The van der Waals surface area contributed by atoms with Crippen molar-refractivity contribution in [2.24, 2.45) is 5.41 Å². The van der Waals surface area contributed by atoms with Crippen molar-refractivity contribution < 1.29 is 19.1 Å². The van der Waals surface area contributed by atoms with Gasteiger partial charge < -0.3 is 19.2 Å². The molecular weight excluding hydrogens is 322 g/mol. The van der Waals surface area contributed by atoms with Crippen molar-refractivity contribution in [3.05, 3.63) is 0 Å². The molecule has 0 aromatic rings. The maximum Gasteiger partial charge on any atom is 0.425 e. The Morgan fingerprint density at radius 3 is 2.12 bits per heavy atom. The Morgan fingerprint density at radius 1 is 1.12 bits per heavy atom. The first kappa shape index (κ1) is 21.9. The van der Waals surface area contributed by atoms with Gasteiger partial charge in [-0.3, -0.25) is 0 Å². The van der Waals surface area contributed by atoms with E-state index in [0.29, 0.717) is 19.7 Å². The summed E-state index contributed by atoms with van der Waals surface area (Å²) in [6, 6.07) is -0.694. The molecule has 0 radical (unpaired) electrons. The van der Waals surface area contributed by atoms with Crippen LogP contribution in [0.15, 0.2) is 0 Å². The zero-order valence-corrected chi connectivity index (χ0v) is 16.9. The van der Waals surface area contributed by atoms with Gasteiger partial charge in [0.2, 0.25) is 0 Å². The first-order valence-corrected chi connectivity index (χ1v) is 8.91. The van der Waals surface area contributed by atoms with E-state index in [1.54, 1.807) is 0 Å². The number of piperazine rings is 1. The Hall–Kier alpha value is -1.18. The summed E-state index contributed by atoms with van der Waals surface area (Å²) in [7, 11) is 2.04. The summed E-state index contributed by atoms with van der Waals surface area (Å²) in [5, 5.41) is 3.33. The van der Waals surface area contributed by atoms with Gasteiger partial charge in [-0.1, -0.05) is 20.8 Å². The summed E-state index contributed by atoms with van der Waals surface area (Å²) in [6.45, 7) is 15.3. The van der Waals surface area contributed by atoms with Crippen molar-refractivity contribution in [3.8, 4) is 0 Å². The van der Waals surface area contributed by atoms with Gasteiger partial charge in [0.25, 0.3) is 0 Å². The van der Waals surface area contributed by atoms with Crippen LogP contribution < -0.4 is 0 Å². The Labute approximate surface area is 152 Å². The van der Waals surface area contributed by atoms with Gasteiger partial charge in [-0.05, 0) is 33.2 Å². The zero-order chi connectivity index (χ0) is 19.3. The largest absolute Gasteiger partial charge is 0.443 e. The fourth-order valence-corrected chi connectivity index (χ4v) is 2.43. The Bertz CT molecular complexity index is 435. The molecule has 0 bridgehead atoms. The average molecular weight is 357 g/mol. The molecule has 1 rings (SSSR count). The number of ether oxygens (including phenoxy) is 2. The molecule has 0 aliphatic carbocycles. The summed E-state index contributed by atoms with van der Waals surface area (Å²) in [4.78, 5) is 26.6. The van der Waals surface area contributed by atoms with Gasteiger partial charge in [-0.15, -0.1) is 0 Å². The summed E-state index contributed by atoms with van der Waals surface area (Å²) in [5.41, 5.74) is -0.625. The Morgan fingerprint density at radius 2 is 1.68 bits per heavy atom. The minimum atomic E-state index is -0.694. The maximum absolute atomic E-state index is 12.7. The molecule has 1 aliphatic heterocycles. The molecule has 0 spiro atoms. The highest BCUT2D eigenvalue weighted by Gasteiger charge is 2.34. The molecule has 0 N–H and O–H groups in total. The van der Waals surface area contributed by atoms with E-state index in [-0.39, 0.29) is 12.0 Å². The van der Waals surface area contributed by atoms with E-state index in [4.69, 9.17) is 9.47 Å². The van der Waals surface area contributed by atoms with Crippen LogP contribution in [0.4, 0.5) is 4.79 Å². The Balaban J connectivity index is 2.86. The van der Waals surface area contributed by atoms with Crippen molar-refractivity contribution in [2.45, 2.75) is 53.2 Å². The number of hydrogen-bond acceptors (Lipinski definition) is 6. The van der Waals surface area contributed by atoms with Crippen molar-refractivity contribution in [2.75, 3.05) is 46.4 Å². The van der Waals surface area contributed by atoms with Crippen molar-refractivity contribution in [1.29, 1.82) is 0 Å². The molecule has 0 saturated carbocycles. The van der Waals surface area contributed by atoms with Crippen LogP contribution in [0.1, 0.15) is 41.5 Å². The number of carbonyl (C=O) groups excluding carboxylic acids is 2. The molecule has 0 aromatic heterocycles. The normalized spacial score (nSPS) is 18.7. The van der Waals surface area contributed by atoms with Crippen LogP contribution in [0.25, 0.3) is 0 Å². The topological polar surface area (TPSA) is 62.3 Å². The third kappa shape index (κ3) is 8.16. The second-order valence-electron chi connectivity index (χ2n) is 8.86. The predicted molar refractivity (Wildman–Crippen MR) is 97.3 cm³/mol. The van der Waals surface area contributed by atoms with Crippen molar-refractivity contribution in [1.82, 2.24) is 14.9 Å². The monoisotopic (exact) mass is 357 g/mol. The highest BCUT2D eigenvalue weighted by Crippen LogP contribution is 2.17. The van der Waals surface area contributed by atoms with Gasteiger partial charge in [0.15, 0.2) is 0 Å². The van der Waals surface area contributed by atoms with E-state index in [1.165, 1.54) is 5.01 Å². The van der Waals surface area contributed by atoms with E-state index in [1.807, 2.05) is 32.8 Å². The number of rotatable bonds is 6. The highest BCUT2D eigenvalue weighted by atomic mass is 16.6. The quantitative estimate of drug-likeness (QED) is 0.678. The Kier molecular flexibility index (Phi) is 7.84. The van der Waals surface area contributed by atoms with Gasteiger partial charge in [0.1, 0.15) is 17.9 Å².